The first-order valence-corrected chi connectivity index (χ1v) is 7.26. The number of amidine groups is 1. The highest BCUT2D eigenvalue weighted by Crippen LogP contribution is 2.13. The highest BCUT2D eigenvalue weighted by Gasteiger charge is 2.02. The third-order valence-electron chi connectivity index (χ3n) is 2.69. The Hall–Kier alpha value is -1.35. The molecule has 0 fully saturated rings. The van der Waals surface area contributed by atoms with Crippen molar-refractivity contribution < 1.29 is 0 Å². The lowest BCUT2D eigenvalue weighted by atomic mass is 10.00. The number of rotatable bonds is 6. The van der Waals surface area contributed by atoms with Crippen LogP contribution in [0.5, 0.6) is 0 Å². The Morgan fingerprint density at radius 2 is 1.63 bits per heavy atom. The first-order valence-electron chi connectivity index (χ1n) is 7.26. The van der Waals surface area contributed by atoms with Crippen molar-refractivity contribution in [2.75, 3.05) is 6.54 Å². The first kappa shape index (κ1) is 17.6. The smallest absolute Gasteiger partial charge is 0.122 e. The molecular formula is C16H29N3. The third-order valence-corrected chi connectivity index (χ3v) is 2.69. The molecule has 1 aromatic rings. The van der Waals surface area contributed by atoms with Crippen molar-refractivity contribution in [2.45, 2.75) is 52.9 Å². The van der Waals surface area contributed by atoms with Gasteiger partial charge in [0.2, 0.25) is 0 Å². The second-order valence-corrected chi connectivity index (χ2v) is 4.76. The van der Waals surface area contributed by atoms with Crippen LogP contribution in [0.4, 0.5) is 0 Å². The van der Waals surface area contributed by atoms with Gasteiger partial charge in [0, 0.05) is 5.56 Å². The predicted molar refractivity (Wildman–Crippen MR) is 84.8 cm³/mol. The fraction of sp³-hybridized carbons (Fsp3) is 0.562. The second-order valence-electron chi connectivity index (χ2n) is 4.76. The summed E-state index contributed by atoms with van der Waals surface area (Å²) in [6, 6.07) is 6.20. The van der Waals surface area contributed by atoms with E-state index in [-0.39, 0.29) is 5.84 Å². The van der Waals surface area contributed by atoms with Crippen LogP contribution in [0.1, 0.15) is 56.7 Å². The Balaban J connectivity index is 0.000000982. The van der Waals surface area contributed by atoms with Crippen molar-refractivity contribution >= 4 is 5.84 Å². The molecule has 0 unspecified atom stereocenters. The molecule has 0 amide bonds. The molecule has 19 heavy (non-hydrogen) atoms. The van der Waals surface area contributed by atoms with Gasteiger partial charge >= 0.3 is 0 Å². The van der Waals surface area contributed by atoms with E-state index in [1.54, 1.807) is 0 Å². The molecule has 1 aromatic carbocycles. The van der Waals surface area contributed by atoms with Crippen LogP contribution in [-0.4, -0.2) is 12.4 Å². The maximum absolute atomic E-state index is 7.47. The third kappa shape index (κ3) is 7.62. The number of aryl methyl sites for hydroxylation is 2. The summed E-state index contributed by atoms with van der Waals surface area (Å²) >= 11 is 0. The van der Waals surface area contributed by atoms with Crippen molar-refractivity contribution in [3.63, 3.8) is 0 Å². The van der Waals surface area contributed by atoms with Crippen LogP contribution in [0.25, 0.3) is 0 Å². The molecule has 0 aliphatic rings. The molecule has 0 aliphatic heterocycles. The number of nitrogen functional groups attached to an aromatic ring is 1. The maximum Gasteiger partial charge on any atom is 0.122 e. The zero-order valence-corrected chi connectivity index (χ0v) is 12.6. The number of hydrogen-bond acceptors (Lipinski definition) is 2. The number of nitrogens with one attached hydrogen (secondary N) is 1. The molecule has 0 atom stereocenters. The molecule has 1 rings (SSSR count). The number of benzene rings is 1. The van der Waals surface area contributed by atoms with Crippen LogP contribution in [-0.2, 0) is 12.8 Å². The Morgan fingerprint density at radius 1 is 1.05 bits per heavy atom. The average molecular weight is 263 g/mol. The van der Waals surface area contributed by atoms with Gasteiger partial charge in [-0.05, 0) is 55.5 Å². The van der Waals surface area contributed by atoms with Gasteiger partial charge in [0.05, 0.1) is 0 Å². The molecule has 0 saturated heterocycles. The fourth-order valence-corrected chi connectivity index (χ4v) is 1.74. The van der Waals surface area contributed by atoms with Crippen molar-refractivity contribution in [3.8, 4) is 0 Å². The normalized spacial score (nSPS) is 9.68. The molecule has 5 N–H and O–H groups in total. The second kappa shape index (κ2) is 10.6. The van der Waals surface area contributed by atoms with Gasteiger partial charge in [-0.15, -0.1) is 0 Å². The first-order chi connectivity index (χ1) is 9.08. The quantitative estimate of drug-likeness (QED) is 0.419. The Bertz CT molecular complexity index is 372. The summed E-state index contributed by atoms with van der Waals surface area (Å²) in [5.41, 5.74) is 14.3. The topological polar surface area (TPSA) is 75.9 Å². The van der Waals surface area contributed by atoms with Gasteiger partial charge in [-0.1, -0.05) is 33.3 Å². The zero-order chi connectivity index (χ0) is 14.7. The molecule has 3 nitrogen and oxygen atoms in total. The molecule has 0 aliphatic carbocycles. The van der Waals surface area contributed by atoms with E-state index in [4.69, 9.17) is 16.9 Å². The summed E-state index contributed by atoms with van der Waals surface area (Å²) in [7, 11) is 0. The largest absolute Gasteiger partial charge is 0.384 e. The van der Waals surface area contributed by atoms with Crippen molar-refractivity contribution in [1.29, 1.82) is 5.41 Å². The Labute approximate surface area is 117 Å². The van der Waals surface area contributed by atoms with Gasteiger partial charge in [0.15, 0.2) is 0 Å². The Morgan fingerprint density at radius 3 is 2.11 bits per heavy atom. The van der Waals surface area contributed by atoms with E-state index in [0.717, 1.165) is 37.8 Å². The molecular weight excluding hydrogens is 234 g/mol. The van der Waals surface area contributed by atoms with E-state index in [2.05, 4.69) is 26.8 Å². The number of hydrogen-bond donors (Lipinski definition) is 3. The monoisotopic (exact) mass is 263 g/mol. The number of unbranched alkanes of at least 4 members (excludes halogenated alkanes) is 1. The van der Waals surface area contributed by atoms with Crippen LogP contribution in [0.3, 0.4) is 0 Å². The summed E-state index contributed by atoms with van der Waals surface area (Å²) < 4.78 is 0. The van der Waals surface area contributed by atoms with Crippen LogP contribution in [0, 0.1) is 5.41 Å². The summed E-state index contributed by atoms with van der Waals surface area (Å²) in [4.78, 5) is 0. The van der Waals surface area contributed by atoms with E-state index < -0.39 is 0 Å². The molecule has 3 heteroatoms. The molecule has 108 valence electrons. The summed E-state index contributed by atoms with van der Waals surface area (Å²) in [5, 5.41) is 7.47. The molecule has 0 radical (unpaired) electrons. The molecule has 0 spiro atoms. The highest BCUT2D eigenvalue weighted by atomic mass is 14.7. The van der Waals surface area contributed by atoms with Crippen molar-refractivity contribution in [1.82, 2.24) is 0 Å². The zero-order valence-electron chi connectivity index (χ0n) is 12.6. The van der Waals surface area contributed by atoms with Gasteiger partial charge < -0.3 is 11.5 Å². The summed E-state index contributed by atoms with van der Waals surface area (Å²) in [5.74, 6) is 0.148. The molecule has 0 bridgehead atoms. The Kier molecular flexibility index (Phi) is 9.81. The molecule has 0 aromatic heterocycles. The molecule has 0 saturated carbocycles. The van der Waals surface area contributed by atoms with Gasteiger partial charge in [-0.2, -0.15) is 0 Å². The summed E-state index contributed by atoms with van der Waals surface area (Å²) in [6.45, 7) is 7.11. The van der Waals surface area contributed by atoms with E-state index in [0.29, 0.717) is 0 Å². The minimum Gasteiger partial charge on any atom is -0.384 e. The minimum atomic E-state index is 0.148. The van der Waals surface area contributed by atoms with Gasteiger partial charge in [-0.3, -0.25) is 5.41 Å². The lowest BCUT2D eigenvalue weighted by Gasteiger charge is -2.07. The van der Waals surface area contributed by atoms with E-state index >= 15 is 0 Å². The van der Waals surface area contributed by atoms with E-state index in [9.17, 15) is 0 Å². The lowest BCUT2D eigenvalue weighted by molar-refractivity contribution is 0.744. The van der Waals surface area contributed by atoms with E-state index in [1.807, 2.05) is 12.1 Å². The standard InChI is InChI=1S/C13H21N3.C3H8/c1-2-10-7-11(5-3-4-6-14)9-12(8-10)13(15)16;1-3-2/h7-9H,2-6,14H2,1H3,(H3,15,16);3H2,1-2H3. The maximum atomic E-state index is 7.47. The van der Waals surface area contributed by atoms with Crippen molar-refractivity contribution in [3.05, 3.63) is 34.9 Å². The minimum absolute atomic E-state index is 0.148. The van der Waals surface area contributed by atoms with Crippen LogP contribution in [0.2, 0.25) is 0 Å². The van der Waals surface area contributed by atoms with Crippen LogP contribution < -0.4 is 11.5 Å². The highest BCUT2D eigenvalue weighted by molar-refractivity contribution is 5.95. The van der Waals surface area contributed by atoms with Gasteiger partial charge in [0.1, 0.15) is 5.84 Å². The lowest BCUT2D eigenvalue weighted by Crippen LogP contribution is -2.12. The van der Waals surface area contributed by atoms with Crippen molar-refractivity contribution in [2.24, 2.45) is 11.5 Å². The molecule has 0 heterocycles. The van der Waals surface area contributed by atoms with Gasteiger partial charge in [-0.25, -0.2) is 0 Å². The van der Waals surface area contributed by atoms with E-state index in [1.165, 1.54) is 17.5 Å². The number of nitrogens with two attached hydrogens (primary N) is 2. The van der Waals surface area contributed by atoms with Crippen LogP contribution in [0.15, 0.2) is 18.2 Å². The predicted octanol–water partition coefficient (Wildman–Crippen LogP) is 3.23. The SMILES string of the molecule is CCC.CCc1cc(CCCCN)cc(C(=N)N)c1. The fourth-order valence-electron chi connectivity index (χ4n) is 1.74. The van der Waals surface area contributed by atoms with Crippen LogP contribution >= 0.6 is 0 Å². The summed E-state index contributed by atoms with van der Waals surface area (Å²) in [6.07, 6.45) is 5.39. The average Bonchev–Trinajstić information content (AvgIpc) is 2.39. The van der Waals surface area contributed by atoms with Gasteiger partial charge in [0.25, 0.3) is 0 Å².